The van der Waals surface area contributed by atoms with Crippen LogP contribution in [0.25, 0.3) is 34.0 Å². The van der Waals surface area contributed by atoms with Crippen molar-refractivity contribution in [2.24, 2.45) is 0 Å². The molecular formula is C40H36N4O6. The highest BCUT2D eigenvalue weighted by Crippen LogP contribution is 2.27. The second-order valence-corrected chi connectivity index (χ2v) is 11.9. The predicted octanol–water partition coefficient (Wildman–Crippen LogP) is 7.15. The zero-order chi connectivity index (χ0) is 35.0. The monoisotopic (exact) mass is 668 g/mol. The molecule has 0 saturated carbocycles. The first-order chi connectivity index (χ1) is 24.2. The molecule has 0 spiro atoms. The fourth-order valence-corrected chi connectivity index (χ4v) is 5.53. The number of benzene rings is 5. The van der Waals surface area contributed by atoms with E-state index in [1.165, 1.54) is 10.5 Å². The molecule has 3 N–H and O–H groups in total. The molecule has 0 saturated heterocycles. The highest BCUT2D eigenvalue weighted by molar-refractivity contribution is 5.92. The average Bonchev–Trinajstić information content (AvgIpc) is 3.62. The van der Waals surface area contributed by atoms with Crippen molar-refractivity contribution in [1.82, 2.24) is 15.0 Å². The summed E-state index contributed by atoms with van der Waals surface area (Å²) in [6, 6.07) is 37.6. The van der Waals surface area contributed by atoms with Gasteiger partial charge >= 0.3 is 5.97 Å². The molecule has 1 unspecified atom stereocenters. The number of methoxy groups -OCH3 is 1. The summed E-state index contributed by atoms with van der Waals surface area (Å²) in [5, 5.41) is 27.8. The topological polar surface area (TPSA) is 138 Å². The van der Waals surface area contributed by atoms with E-state index in [1.807, 2.05) is 66.7 Å². The number of amides is 1. The van der Waals surface area contributed by atoms with Crippen LogP contribution in [-0.2, 0) is 22.6 Å². The minimum Gasteiger partial charge on any atom is -0.497 e. The quantitative estimate of drug-likeness (QED) is 0.110. The van der Waals surface area contributed by atoms with Crippen molar-refractivity contribution in [2.75, 3.05) is 19.0 Å². The maximum atomic E-state index is 12.6. The average molecular weight is 669 g/mol. The molecule has 252 valence electrons. The molecule has 1 atom stereocenters. The number of anilines is 1. The van der Waals surface area contributed by atoms with Crippen LogP contribution in [0.3, 0.4) is 0 Å². The lowest BCUT2D eigenvalue weighted by atomic mass is 10.0. The van der Waals surface area contributed by atoms with Crippen molar-refractivity contribution in [3.8, 4) is 39.7 Å². The lowest BCUT2D eigenvalue weighted by Gasteiger charge is -2.27. The third kappa shape index (κ3) is 8.48. The molecule has 0 fully saturated rings. The second-order valence-electron chi connectivity index (χ2n) is 11.9. The van der Waals surface area contributed by atoms with Gasteiger partial charge in [-0.3, -0.25) is 14.5 Å². The molecular weight excluding hydrogens is 632 g/mol. The van der Waals surface area contributed by atoms with Crippen molar-refractivity contribution in [1.29, 1.82) is 0 Å². The second kappa shape index (κ2) is 15.4. The molecule has 1 heterocycles. The van der Waals surface area contributed by atoms with Crippen molar-refractivity contribution in [2.45, 2.75) is 26.1 Å². The van der Waals surface area contributed by atoms with Gasteiger partial charge in [0.25, 0.3) is 5.89 Å². The largest absolute Gasteiger partial charge is 0.497 e. The van der Waals surface area contributed by atoms with Gasteiger partial charge in [-0.05, 0) is 71.1 Å². The summed E-state index contributed by atoms with van der Waals surface area (Å²) >= 11 is 0. The van der Waals surface area contributed by atoms with E-state index in [0.717, 1.165) is 33.4 Å². The van der Waals surface area contributed by atoms with Gasteiger partial charge in [-0.2, -0.15) is 4.98 Å². The Morgan fingerprint density at radius 3 is 2.12 bits per heavy atom. The number of aryl methyl sites for hydroxylation is 1. The number of aliphatic hydroxyl groups excluding tert-OH is 1. The van der Waals surface area contributed by atoms with E-state index in [4.69, 9.17) is 9.26 Å². The van der Waals surface area contributed by atoms with E-state index >= 15 is 0 Å². The zero-order valence-electron chi connectivity index (χ0n) is 27.6. The molecule has 0 aliphatic carbocycles. The van der Waals surface area contributed by atoms with Crippen LogP contribution in [0.2, 0.25) is 0 Å². The lowest BCUT2D eigenvalue weighted by molar-refractivity contribution is -0.142. The normalized spacial score (nSPS) is 11.7. The minimum atomic E-state index is -1.20. The van der Waals surface area contributed by atoms with Gasteiger partial charge < -0.3 is 24.8 Å². The fourth-order valence-electron chi connectivity index (χ4n) is 5.53. The van der Waals surface area contributed by atoms with Crippen LogP contribution in [-0.4, -0.2) is 50.8 Å². The van der Waals surface area contributed by atoms with Crippen LogP contribution in [0, 0.1) is 6.92 Å². The zero-order valence-corrected chi connectivity index (χ0v) is 27.6. The Kier molecular flexibility index (Phi) is 10.4. The van der Waals surface area contributed by atoms with E-state index in [1.54, 1.807) is 37.4 Å². The predicted molar refractivity (Wildman–Crippen MR) is 190 cm³/mol. The van der Waals surface area contributed by atoms with Gasteiger partial charge in [0.05, 0.1) is 20.1 Å². The number of aliphatic carboxylic acids is 1. The van der Waals surface area contributed by atoms with E-state index in [2.05, 4.69) is 46.6 Å². The third-order valence-electron chi connectivity index (χ3n) is 8.22. The molecule has 6 aromatic rings. The van der Waals surface area contributed by atoms with Crippen molar-refractivity contribution >= 4 is 17.6 Å². The minimum absolute atomic E-state index is 0.164. The molecule has 0 aliphatic rings. The molecule has 6 rings (SSSR count). The molecule has 0 aliphatic heterocycles. The number of nitrogens with zero attached hydrogens (tertiary/aromatic N) is 3. The summed E-state index contributed by atoms with van der Waals surface area (Å²) in [6.45, 7) is 1.83. The number of ether oxygens (including phenoxy) is 1. The van der Waals surface area contributed by atoms with Crippen LogP contribution >= 0.6 is 0 Å². The Morgan fingerprint density at radius 1 is 0.820 bits per heavy atom. The first-order valence-electron chi connectivity index (χ1n) is 16.0. The molecule has 50 heavy (non-hydrogen) atoms. The number of carbonyl (C=O) groups excluding carboxylic acids is 1. The number of hydrogen-bond donors (Lipinski definition) is 3. The van der Waals surface area contributed by atoms with Crippen LogP contribution < -0.4 is 10.1 Å². The fraction of sp³-hybridized carbons (Fsp3) is 0.150. The van der Waals surface area contributed by atoms with Crippen LogP contribution in [0.1, 0.15) is 28.5 Å². The number of aromatic nitrogens is 2. The van der Waals surface area contributed by atoms with Crippen LogP contribution in [0.5, 0.6) is 5.75 Å². The first-order valence-corrected chi connectivity index (χ1v) is 16.0. The number of hydrogen-bond acceptors (Lipinski definition) is 8. The number of aliphatic hydroxyl groups is 1. The Balaban J connectivity index is 1.08. The van der Waals surface area contributed by atoms with Crippen molar-refractivity contribution < 1.29 is 29.1 Å². The maximum Gasteiger partial charge on any atom is 0.317 e. The Hall–Kier alpha value is -6.10. The number of rotatable bonds is 13. The lowest BCUT2D eigenvalue weighted by Crippen LogP contribution is -2.33. The standard InChI is InChI=1S/C40H36N4O6/c1-26-6-10-29(11-7-26)30-14-16-32(17-15-30)39-42-38(43-50-39)31-12-8-27(9-13-31)24-44(25-37(46)47)40(48)33-18-20-34(21-19-33)41-36(45)23-28-4-3-5-35(22-28)49-2/h3-22,40,48H,23-25H2,1-2H3,(H,41,45)(H,46,47). The van der Waals surface area contributed by atoms with Gasteiger partial charge in [0.2, 0.25) is 11.7 Å². The van der Waals surface area contributed by atoms with Crippen LogP contribution in [0.15, 0.2) is 126 Å². The Morgan fingerprint density at radius 2 is 1.46 bits per heavy atom. The van der Waals surface area contributed by atoms with Crippen molar-refractivity contribution in [3.05, 3.63) is 144 Å². The van der Waals surface area contributed by atoms with Gasteiger partial charge in [-0.25, -0.2) is 0 Å². The van der Waals surface area contributed by atoms with Gasteiger partial charge in [0.15, 0.2) is 0 Å². The highest BCUT2D eigenvalue weighted by Gasteiger charge is 2.21. The molecule has 0 radical (unpaired) electrons. The summed E-state index contributed by atoms with van der Waals surface area (Å²) < 4.78 is 10.8. The number of carboxylic acids is 1. The third-order valence-corrected chi connectivity index (χ3v) is 8.22. The summed E-state index contributed by atoms with van der Waals surface area (Å²) in [7, 11) is 1.57. The molecule has 5 aromatic carbocycles. The van der Waals surface area contributed by atoms with Gasteiger partial charge in [0.1, 0.15) is 12.0 Å². The summed E-state index contributed by atoms with van der Waals surface area (Å²) in [5.41, 5.74) is 7.60. The van der Waals surface area contributed by atoms with Crippen LogP contribution in [0.4, 0.5) is 5.69 Å². The van der Waals surface area contributed by atoms with E-state index in [-0.39, 0.29) is 18.9 Å². The Labute approximate surface area is 289 Å². The number of nitrogens with one attached hydrogen (secondary N) is 1. The summed E-state index contributed by atoms with van der Waals surface area (Å²) in [5.74, 6) is 0.221. The molecule has 0 bridgehead atoms. The van der Waals surface area contributed by atoms with Gasteiger partial charge in [-0.1, -0.05) is 95.6 Å². The number of carbonyl (C=O) groups is 2. The first kappa shape index (κ1) is 33.8. The Bertz CT molecular complexity index is 2060. The smallest absolute Gasteiger partial charge is 0.317 e. The van der Waals surface area contributed by atoms with E-state index in [9.17, 15) is 19.8 Å². The maximum absolute atomic E-state index is 12.6. The number of carboxylic acid groups (broad SMARTS) is 1. The molecule has 1 aromatic heterocycles. The molecule has 1 amide bonds. The summed E-state index contributed by atoms with van der Waals surface area (Å²) in [6.07, 6.45) is -1.03. The van der Waals surface area contributed by atoms with Crippen molar-refractivity contribution in [3.63, 3.8) is 0 Å². The highest BCUT2D eigenvalue weighted by atomic mass is 16.5. The SMILES string of the molecule is COc1cccc(CC(=O)Nc2ccc(C(O)N(CC(=O)O)Cc3ccc(-c4noc(-c5ccc(-c6ccc(C)cc6)cc5)n4)cc3)cc2)c1. The van der Waals surface area contributed by atoms with E-state index < -0.39 is 18.7 Å². The summed E-state index contributed by atoms with van der Waals surface area (Å²) in [4.78, 5) is 30.3. The van der Waals surface area contributed by atoms with E-state index in [0.29, 0.717) is 28.7 Å². The molecule has 10 heteroatoms. The molecule has 10 nitrogen and oxygen atoms in total. The van der Waals surface area contributed by atoms with Gasteiger partial charge in [-0.15, -0.1) is 0 Å². The van der Waals surface area contributed by atoms with Gasteiger partial charge in [0, 0.05) is 23.4 Å².